The predicted molar refractivity (Wildman–Crippen MR) is 139 cm³/mol. The van der Waals surface area contributed by atoms with Crippen molar-refractivity contribution in [2.24, 2.45) is 0 Å². The molecular weight excluding hydrogens is 507 g/mol. The molecule has 6 nitrogen and oxygen atoms in total. The van der Waals surface area contributed by atoms with E-state index in [-0.39, 0.29) is 11.0 Å². The van der Waals surface area contributed by atoms with E-state index in [2.05, 4.69) is 4.90 Å². The topological polar surface area (TPSA) is 59.1 Å². The van der Waals surface area contributed by atoms with Gasteiger partial charge in [-0.1, -0.05) is 47.5 Å². The molecule has 1 fully saturated rings. The number of ether oxygens (including phenoxy) is 2. The molecule has 1 aliphatic rings. The zero-order valence-electron chi connectivity index (χ0n) is 19.4. The molecule has 0 N–H and O–H groups in total. The highest BCUT2D eigenvalue weighted by Crippen LogP contribution is 2.25. The summed E-state index contributed by atoms with van der Waals surface area (Å²) in [5.41, 5.74) is 2.04. The molecule has 186 valence electrons. The standard InChI is InChI=1S/C26H28Cl2N2O4S/c1-33-24-4-2-3-20(17-24)19-34-26(21-5-7-22(27)8-6-21)18-29-13-15-30(16-14-29)35(31,32)25-11-9-23(28)10-12-25/h2-12,17,26H,13-16,18-19H2,1H3/t26-/m1/s1. The third kappa shape index (κ3) is 6.76. The number of sulfonamides is 1. The molecule has 0 aromatic heterocycles. The maximum atomic E-state index is 13.0. The van der Waals surface area contributed by atoms with Gasteiger partial charge in [-0.25, -0.2) is 8.42 Å². The van der Waals surface area contributed by atoms with Crippen LogP contribution in [0, 0.1) is 0 Å². The summed E-state index contributed by atoms with van der Waals surface area (Å²) in [7, 11) is -1.91. The number of halogens is 2. The normalized spacial score (nSPS) is 16.2. The molecule has 0 aliphatic carbocycles. The molecule has 1 heterocycles. The average Bonchev–Trinajstić information content (AvgIpc) is 2.88. The summed E-state index contributed by atoms with van der Waals surface area (Å²) in [5.74, 6) is 0.784. The molecule has 3 aromatic carbocycles. The van der Waals surface area contributed by atoms with Gasteiger partial charge in [0.25, 0.3) is 0 Å². The number of hydrogen-bond donors (Lipinski definition) is 0. The van der Waals surface area contributed by atoms with Crippen LogP contribution in [0.5, 0.6) is 5.75 Å². The van der Waals surface area contributed by atoms with Crippen molar-refractivity contribution in [3.63, 3.8) is 0 Å². The van der Waals surface area contributed by atoms with Crippen molar-refractivity contribution in [1.82, 2.24) is 9.21 Å². The van der Waals surface area contributed by atoms with E-state index < -0.39 is 10.0 Å². The van der Waals surface area contributed by atoms with E-state index in [1.54, 1.807) is 31.4 Å². The first-order valence-electron chi connectivity index (χ1n) is 11.3. The van der Waals surface area contributed by atoms with Crippen LogP contribution in [-0.4, -0.2) is 57.5 Å². The summed E-state index contributed by atoms with van der Waals surface area (Å²) in [4.78, 5) is 2.50. The monoisotopic (exact) mass is 534 g/mol. The van der Waals surface area contributed by atoms with Crippen LogP contribution < -0.4 is 4.74 Å². The number of rotatable bonds is 9. The summed E-state index contributed by atoms with van der Waals surface area (Å²) in [6.07, 6.45) is -0.196. The van der Waals surface area contributed by atoms with Crippen molar-refractivity contribution in [3.8, 4) is 5.75 Å². The second-order valence-electron chi connectivity index (χ2n) is 8.36. The molecule has 0 radical (unpaired) electrons. The van der Waals surface area contributed by atoms with E-state index in [1.807, 2.05) is 48.5 Å². The molecule has 3 aromatic rings. The third-order valence-corrected chi connectivity index (χ3v) is 8.45. The van der Waals surface area contributed by atoms with Crippen LogP contribution in [0.3, 0.4) is 0 Å². The van der Waals surface area contributed by atoms with E-state index in [9.17, 15) is 8.42 Å². The Labute approximate surface area is 217 Å². The van der Waals surface area contributed by atoms with Gasteiger partial charge in [-0.2, -0.15) is 4.31 Å². The molecule has 1 atom stereocenters. The highest BCUT2D eigenvalue weighted by Gasteiger charge is 2.29. The molecule has 0 bridgehead atoms. The largest absolute Gasteiger partial charge is 0.497 e. The minimum atomic E-state index is -3.55. The fraction of sp³-hybridized carbons (Fsp3) is 0.308. The lowest BCUT2D eigenvalue weighted by Gasteiger charge is -2.36. The lowest BCUT2D eigenvalue weighted by Crippen LogP contribution is -2.49. The van der Waals surface area contributed by atoms with E-state index in [1.165, 1.54) is 4.31 Å². The number of nitrogens with zero attached hydrogens (tertiary/aromatic N) is 2. The fourth-order valence-electron chi connectivity index (χ4n) is 4.03. The quantitative estimate of drug-likeness (QED) is 0.374. The summed E-state index contributed by atoms with van der Waals surface area (Å²) in [6, 6.07) is 21.8. The van der Waals surface area contributed by atoms with E-state index in [0.29, 0.717) is 49.4 Å². The molecular formula is C26H28Cl2N2O4S. The smallest absolute Gasteiger partial charge is 0.243 e. The summed E-state index contributed by atoms with van der Waals surface area (Å²) >= 11 is 12.0. The van der Waals surface area contributed by atoms with Gasteiger partial charge in [0.1, 0.15) is 5.75 Å². The van der Waals surface area contributed by atoms with Gasteiger partial charge in [-0.15, -0.1) is 0 Å². The summed E-state index contributed by atoms with van der Waals surface area (Å²) in [5, 5.41) is 1.18. The van der Waals surface area contributed by atoms with E-state index in [0.717, 1.165) is 16.9 Å². The van der Waals surface area contributed by atoms with Crippen molar-refractivity contribution in [1.29, 1.82) is 0 Å². The fourth-order valence-corrected chi connectivity index (χ4v) is 5.71. The van der Waals surface area contributed by atoms with Gasteiger partial charge >= 0.3 is 0 Å². The van der Waals surface area contributed by atoms with Crippen LogP contribution in [0.1, 0.15) is 17.2 Å². The first-order valence-corrected chi connectivity index (χ1v) is 13.5. The van der Waals surface area contributed by atoms with Crippen molar-refractivity contribution in [2.45, 2.75) is 17.6 Å². The Morgan fingerprint density at radius 2 is 1.51 bits per heavy atom. The second-order valence-corrected chi connectivity index (χ2v) is 11.2. The highest BCUT2D eigenvalue weighted by atomic mass is 35.5. The predicted octanol–water partition coefficient (Wildman–Crippen LogP) is 5.27. The molecule has 0 amide bonds. The first kappa shape index (κ1) is 25.9. The van der Waals surface area contributed by atoms with Crippen LogP contribution >= 0.6 is 23.2 Å². The first-order chi connectivity index (χ1) is 16.8. The molecule has 0 spiro atoms. The second kappa shape index (κ2) is 11.7. The van der Waals surface area contributed by atoms with Crippen molar-refractivity contribution < 1.29 is 17.9 Å². The van der Waals surface area contributed by atoms with Gasteiger partial charge in [-0.05, 0) is 59.7 Å². The Kier molecular flexibility index (Phi) is 8.70. The van der Waals surface area contributed by atoms with Crippen molar-refractivity contribution in [3.05, 3.63) is 94.0 Å². The Morgan fingerprint density at radius 3 is 2.14 bits per heavy atom. The van der Waals surface area contributed by atoms with Gasteiger partial charge in [0.05, 0.1) is 24.7 Å². The molecule has 4 rings (SSSR count). The van der Waals surface area contributed by atoms with Crippen LogP contribution in [0.4, 0.5) is 0 Å². The van der Waals surface area contributed by atoms with Gasteiger partial charge < -0.3 is 9.47 Å². The number of hydrogen-bond acceptors (Lipinski definition) is 5. The maximum Gasteiger partial charge on any atom is 0.243 e. The molecule has 35 heavy (non-hydrogen) atoms. The average molecular weight is 535 g/mol. The maximum absolute atomic E-state index is 13.0. The van der Waals surface area contributed by atoms with Crippen LogP contribution in [0.2, 0.25) is 10.0 Å². The van der Waals surface area contributed by atoms with E-state index >= 15 is 0 Å². The molecule has 0 unspecified atom stereocenters. The van der Waals surface area contributed by atoms with Crippen LogP contribution in [0.15, 0.2) is 77.7 Å². The molecule has 1 aliphatic heterocycles. The highest BCUT2D eigenvalue weighted by molar-refractivity contribution is 7.89. The van der Waals surface area contributed by atoms with Crippen LogP contribution in [-0.2, 0) is 21.4 Å². The van der Waals surface area contributed by atoms with E-state index in [4.69, 9.17) is 32.7 Å². The Morgan fingerprint density at radius 1 is 0.886 bits per heavy atom. The molecule has 1 saturated heterocycles. The summed E-state index contributed by atoms with van der Waals surface area (Å²) < 4.78 is 39.2. The zero-order chi connectivity index (χ0) is 24.8. The van der Waals surface area contributed by atoms with Crippen molar-refractivity contribution >= 4 is 33.2 Å². The Balaban J connectivity index is 1.41. The SMILES string of the molecule is COc1cccc(CO[C@H](CN2CCN(S(=O)(=O)c3ccc(Cl)cc3)CC2)c2ccc(Cl)cc2)c1. The zero-order valence-corrected chi connectivity index (χ0v) is 21.8. The minimum absolute atomic E-state index is 0.196. The molecule has 9 heteroatoms. The van der Waals surface area contributed by atoms with Gasteiger partial charge in [-0.3, -0.25) is 4.90 Å². The van der Waals surface area contributed by atoms with Crippen LogP contribution in [0.25, 0.3) is 0 Å². The van der Waals surface area contributed by atoms with Crippen molar-refractivity contribution in [2.75, 3.05) is 39.8 Å². The van der Waals surface area contributed by atoms with Gasteiger partial charge in [0.2, 0.25) is 10.0 Å². The Bertz CT molecular complexity index is 1210. The Hall–Kier alpha value is -2.13. The van der Waals surface area contributed by atoms with Gasteiger partial charge in [0.15, 0.2) is 0 Å². The number of methoxy groups -OCH3 is 1. The number of piperazine rings is 1. The lowest BCUT2D eigenvalue weighted by molar-refractivity contribution is 0.00767. The lowest BCUT2D eigenvalue weighted by atomic mass is 10.1. The minimum Gasteiger partial charge on any atom is -0.497 e. The third-order valence-electron chi connectivity index (χ3n) is 6.03. The number of benzene rings is 3. The molecule has 0 saturated carbocycles. The summed E-state index contributed by atoms with van der Waals surface area (Å²) in [6.45, 7) is 3.11. The van der Waals surface area contributed by atoms with Gasteiger partial charge in [0, 0.05) is 42.8 Å².